The van der Waals surface area contributed by atoms with Crippen LogP contribution < -0.4 is 5.32 Å². The Hall–Kier alpha value is -2.13. The van der Waals surface area contributed by atoms with E-state index >= 15 is 0 Å². The number of nitrogens with one attached hydrogen (secondary N) is 1. The second-order valence-corrected chi connectivity index (χ2v) is 7.11. The second-order valence-electron chi connectivity index (χ2n) is 7.11. The third-order valence-corrected chi connectivity index (χ3v) is 4.59. The topological polar surface area (TPSA) is 38.3 Å². The van der Waals surface area contributed by atoms with Gasteiger partial charge in [0.05, 0.1) is 6.54 Å². The lowest BCUT2D eigenvalue weighted by Gasteiger charge is -2.13. The van der Waals surface area contributed by atoms with Crippen LogP contribution in [0.5, 0.6) is 0 Å². The van der Waals surface area contributed by atoms with E-state index in [9.17, 15) is 4.79 Å². The monoisotopic (exact) mass is 337 g/mol. The van der Waals surface area contributed by atoms with Crippen molar-refractivity contribution in [1.82, 2.24) is 5.32 Å². The lowest BCUT2D eigenvalue weighted by Crippen LogP contribution is -2.29. The van der Waals surface area contributed by atoms with Crippen molar-refractivity contribution in [2.45, 2.75) is 38.7 Å². The standard InChI is InChI=1S/C22H27NO2/c1-17(12-19-8-5-9-21(13-19)20-10-11-20)14-23-15-22(24)25-16-18-6-3-2-4-7-18/h2-9,13,17,20,23H,10-12,14-16H2,1H3. The van der Waals surface area contributed by atoms with Crippen LogP contribution in [0.15, 0.2) is 54.6 Å². The van der Waals surface area contributed by atoms with Gasteiger partial charge in [0.2, 0.25) is 0 Å². The number of rotatable bonds is 9. The first kappa shape index (κ1) is 17.7. The highest BCUT2D eigenvalue weighted by atomic mass is 16.5. The number of hydrogen-bond donors (Lipinski definition) is 1. The molecule has 1 saturated carbocycles. The van der Waals surface area contributed by atoms with Crippen molar-refractivity contribution in [1.29, 1.82) is 0 Å². The summed E-state index contributed by atoms with van der Waals surface area (Å²) in [6, 6.07) is 18.7. The highest BCUT2D eigenvalue weighted by Crippen LogP contribution is 2.40. The molecule has 132 valence electrons. The van der Waals surface area contributed by atoms with E-state index in [1.807, 2.05) is 30.3 Å². The van der Waals surface area contributed by atoms with Gasteiger partial charge in [0, 0.05) is 0 Å². The summed E-state index contributed by atoms with van der Waals surface area (Å²) < 4.78 is 5.28. The molecule has 0 bridgehead atoms. The highest BCUT2D eigenvalue weighted by molar-refractivity contribution is 5.71. The third-order valence-electron chi connectivity index (χ3n) is 4.59. The smallest absolute Gasteiger partial charge is 0.320 e. The van der Waals surface area contributed by atoms with Gasteiger partial charge < -0.3 is 10.1 Å². The maximum Gasteiger partial charge on any atom is 0.320 e. The largest absolute Gasteiger partial charge is 0.460 e. The first-order valence-corrected chi connectivity index (χ1v) is 9.20. The number of benzene rings is 2. The van der Waals surface area contributed by atoms with Crippen LogP contribution in [-0.2, 0) is 22.6 Å². The first-order valence-electron chi connectivity index (χ1n) is 9.20. The van der Waals surface area contributed by atoms with Crippen molar-refractivity contribution < 1.29 is 9.53 Å². The van der Waals surface area contributed by atoms with E-state index in [4.69, 9.17) is 4.74 Å². The number of ether oxygens (including phenoxy) is 1. The zero-order chi connectivity index (χ0) is 17.5. The molecule has 0 spiro atoms. The average Bonchev–Trinajstić information content (AvgIpc) is 3.46. The Morgan fingerprint density at radius 2 is 1.88 bits per heavy atom. The molecule has 0 heterocycles. The fourth-order valence-corrected chi connectivity index (χ4v) is 3.07. The SMILES string of the molecule is CC(CNCC(=O)OCc1ccccc1)Cc1cccc(C2CC2)c1. The highest BCUT2D eigenvalue weighted by Gasteiger charge is 2.23. The normalized spacial score (nSPS) is 14.9. The van der Waals surface area contributed by atoms with Gasteiger partial charge in [-0.1, -0.05) is 61.5 Å². The van der Waals surface area contributed by atoms with Crippen LogP contribution in [0, 0.1) is 5.92 Å². The summed E-state index contributed by atoms with van der Waals surface area (Å²) in [7, 11) is 0. The quantitative estimate of drug-likeness (QED) is 0.701. The number of carbonyl (C=O) groups is 1. The van der Waals surface area contributed by atoms with Crippen LogP contribution in [0.25, 0.3) is 0 Å². The molecule has 1 N–H and O–H groups in total. The third kappa shape index (κ3) is 6.02. The molecule has 1 atom stereocenters. The van der Waals surface area contributed by atoms with Gasteiger partial charge in [-0.05, 0) is 54.3 Å². The van der Waals surface area contributed by atoms with Crippen LogP contribution in [0.2, 0.25) is 0 Å². The minimum atomic E-state index is -0.202. The van der Waals surface area contributed by atoms with Gasteiger partial charge in [0.1, 0.15) is 6.61 Å². The molecule has 1 fully saturated rings. The van der Waals surface area contributed by atoms with Crippen molar-refractivity contribution in [3.63, 3.8) is 0 Å². The summed E-state index contributed by atoms with van der Waals surface area (Å²) >= 11 is 0. The molecule has 1 aliphatic carbocycles. The zero-order valence-corrected chi connectivity index (χ0v) is 14.9. The van der Waals surface area contributed by atoms with Crippen molar-refractivity contribution in [2.75, 3.05) is 13.1 Å². The minimum Gasteiger partial charge on any atom is -0.460 e. The van der Waals surface area contributed by atoms with Crippen LogP contribution in [0.1, 0.15) is 42.4 Å². The molecule has 3 heteroatoms. The van der Waals surface area contributed by atoms with Crippen LogP contribution in [0.4, 0.5) is 0 Å². The second kappa shape index (κ2) is 8.82. The molecule has 1 aliphatic rings. The van der Waals surface area contributed by atoms with Gasteiger partial charge in [-0.15, -0.1) is 0 Å². The van der Waals surface area contributed by atoms with Crippen molar-refractivity contribution in [3.8, 4) is 0 Å². The van der Waals surface area contributed by atoms with Crippen LogP contribution >= 0.6 is 0 Å². The Bertz CT molecular complexity index is 679. The summed E-state index contributed by atoms with van der Waals surface area (Å²) in [5.41, 5.74) is 3.90. The minimum absolute atomic E-state index is 0.202. The van der Waals surface area contributed by atoms with Crippen LogP contribution in [0.3, 0.4) is 0 Å². The molecule has 0 aromatic heterocycles. The van der Waals surface area contributed by atoms with Crippen molar-refractivity contribution >= 4 is 5.97 Å². The summed E-state index contributed by atoms with van der Waals surface area (Å²) in [6.45, 7) is 3.63. The number of carbonyl (C=O) groups excluding carboxylic acids is 1. The van der Waals surface area contributed by atoms with Crippen molar-refractivity contribution in [2.24, 2.45) is 5.92 Å². The number of esters is 1. The lowest BCUT2D eigenvalue weighted by molar-refractivity contribution is -0.143. The predicted octanol–water partition coefficient (Wildman–Crippen LogP) is 4.08. The summed E-state index contributed by atoms with van der Waals surface area (Å²) in [5.74, 6) is 1.08. The predicted molar refractivity (Wildman–Crippen MR) is 100 cm³/mol. The average molecular weight is 337 g/mol. The first-order chi connectivity index (χ1) is 12.2. The molecule has 3 nitrogen and oxygen atoms in total. The zero-order valence-electron chi connectivity index (χ0n) is 14.9. The molecule has 1 unspecified atom stereocenters. The molecule has 0 radical (unpaired) electrons. The fourth-order valence-electron chi connectivity index (χ4n) is 3.07. The van der Waals surface area contributed by atoms with E-state index in [0.717, 1.165) is 24.4 Å². The molecule has 2 aromatic rings. The molecule has 3 rings (SSSR count). The lowest BCUT2D eigenvalue weighted by atomic mass is 9.98. The molecule has 0 aliphatic heterocycles. The Kier molecular flexibility index (Phi) is 6.24. The van der Waals surface area contributed by atoms with Crippen LogP contribution in [-0.4, -0.2) is 19.1 Å². The van der Waals surface area contributed by atoms with E-state index in [-0.39, 0.29) is 12.5 Å². The maximum atomic E-state index is 11.8. The van der Waals surface area contributed by atoms with E-state index in [1.54, 1.807) is 0 Å². The van der Waals surface area contributed by atoms with E-state index < -0.39 is 0 Å². The summed E-state index contributed by atoms with van der Waals surface area (Å²) in [5, 5.41) is 3.22. The summed E-state index contributed by atoms with van der Waals surface area (Å²) in [4.78, 5) is 11.8. The van der Waals surface area contributed by atoms with E-state index in [2.05, 4.69) is 36.5 Å². The molecule has 0 amide bonds. The molecule has 2 aromatic carbocycles. The van der Waals surface area contributed by atoms with E-state index in [0.29, 0.717) is 12.5 Å². The summed E-state index contributed by atoms with van der Waals surface area (Å²) in [6.07, 6.45) is 3.71. The molecule has 25 heavy (non-hydrogen) atoms. The van der Waals surface area contributed by atoms with Gasteiger partial charge in [-0.25, -0.2) is 0 Å². The maximum absolute atomic E-state index is 11.8. The van der Waals surface area contributed by atoms with Crippen molar-refractivity contribution in [3.05, 3.63) is 71.3 Å². The van der Waals surface area contributed by atoms with Gasteiger partial charge in [-0.2, -0.15) is 0 Å². The van der Waals surface area contributed by atoms with E-state index in [1.165, 1.54) is 24.0 Å². The van der Waals surface area contributed by atoms with Gasteiger partial charge in [0.15, 0.2) is 0 Å². The van der Waals surface area contributed by atoms with Gasteiger partial charge in [-0.3, -0.25) is 4.79 Å². The van der Waals surface area contributed by atoms with Gasteiger partial charge in [0.25, 0.3) is 0 Å². The van der Waals surface area contributed by atoms with Gasteiger partial charge >= 0.3 is 5.97 Å². The Morgan fingerprint density at radius 3 is 2.64 bits per heavy atom. The Balaban J connectivity index is 1.34. The molecular formula is C22H27NO2. The molecule has 0 saturated heterocycles. The molecular weight excluding hydrogens is 310 g/mol. The Labute approximate surface area is 150 Å². The fraction of sp³-hybridized carbons (Fsp3) is 0.409. The Morgan fingerprint density at radius 1 is 1.12 bits per heavy atom. The number of hydrogen-bond acceptors (Lipinski definition) is 3.